The minimum absolute atomic E-state index is 0.0793. The fraction of sp³-hybridized carbons (Fsp3) is 0.273. The first-order valence-corrected chi connectivity index (χ1v) is 6.16. The lowest BCUT2D eigenvalue weighted by atomic mass is 10.00. The van der Waals surface area contributed by atoms with Crippen molar-refractivity contribution in [2.75, 3.05) is 7.11 Å². The third-order valence-corrected chi connectivity index (χ3v) is 3.49. The van der Waals surface area contributed by atoms with E-state index in [0.717, 1.165) is 7.11 Å². The van der Waals surface area contributed by atoms with Crippen LogP contribution < -0.4 is 0 Å². The molecule has 0 aromatic rings. The number of rotatable bonds is 5. The first-order chi connectivity index (χ1) is 8.17. The van der Waals surface area contributed by atoms with Gasteiger partial charge in [0.15, 0.2) is 0 Å². The Bertz CT molecular complexity index is 428. The van der Waals surface area contributed by atoms with Crippen molar-refractivity contribution < 1.29 is 9.53 Å². The number of carbonyl (C=O) groups is 1. The molecule has 7 heteroatoms. The molecule has 2 unspecified atom stereocenters. The Kier molecular flexibility index (Phi) is 6.38. The molecule has 0 aromatic carbocycles. The summed E-state index contributed by atoms with van der Waals surface area (Å²) in [5.41, 5.74) is -0.475. The molecule has 0 amide bonds. The van der Waals surface area contributed by atoms with Crippen LogP contribution in [-0.4, -0.2) is 21.5 Å². The van der Waals surface area contributed by atoms with Gasteiger partial charge < -0.3 is 4.74 Å². The zero-order valence-corrected chi connectivity index (χ0v) is 12.8. The fourth-order valence-electron chi connectivity index (χ4n) is 1.11. The van der Waals surface area contributed by atoms with Crippen LogP contribution in [0.5, 0.6) is 0 Å². The number of hydrogen-bond donors (Lipinski definition) is 2. The molecule has 0 N–H and O–H groups in total. The molecule has 0 bridgehead atoms. The topological polar surface area (TPSA) is 50.1 Å². The number of nitrogens with zero attached hydrogens (tertiary/aromatic N) is 1. The second kappa shape index (κ2) is 6.58. The number of hydrogen-bond acceptors (Lipinski definition) is 5. The summed E-state index contributed by atoms with van der Waals surface area (Å²) in [7, 11) is 1.13. The van der Waals surface area contributed by atoms with Gasteiger partial charge in [-0.2, -0.15) is 5.26 Å². The summed E-state index contributed by atoms with van der Waals surface area (Å²) in [6, 6.07) is 1.68. The van der Waals surface area contributed by atoms with Crippen LogP contribution in [0.25, 0.3) is 0 Å². The third kappa shape index (κ3) is 3.72. The van der Waals surface area contributed by atoms with Crippen LogP contribution in [0.1, 0.15) is 0 Å². The van der Waals surface area contributed by atoms with Crippen LogP contribution in [-0.2, 0) is 9.53 Å². The lowest BCUT2D eigenvalue weighted by Gasteiger charge is -2.30. The van der Waals surface area contributed by atoms with Gasteiger partial charge in [0.2, 0.25) is 0 Å². The Morgan fingerprint density at radius 2 is 1.72 bits per heavy atom. The normalized spacial score (nSPS) is 16.4. The van der Waals surface area contributed by atoms with E-state index in [-0.39, 0.29) is 5.57 Å². The number of alkyl halides is 2. The molecule has 0 aliphatic heterocycles. The van der Waals surface area contributed by atoms with Gasteiger partial charge in [-0.15, -0.1) is 38.4 Å². The molecule has 3 nitrogen and oxygen atoms in total. The van der Waals surface area contributed by atoms with Crippen molar-refractivity contribution >= 4 is 54.4 Å². The number of esters is 1. The molecular formula is C11H11Cl2NO2S2. The maximum atomic E-state index is 11.6. The average molecular weight is 324 g/mol. The zero-order chi connectivity index (χ0) is 14.6. The van der Waals surface area contributed by atoms with Crippen LogP contribution in [0.15, 0.2) is 36.5 Å². The molecule has 0 aliphatic carbocycles. The van der Waals surface area contributed by atoms with Crippen molar-refractivity contribution in [3.05, 3.63) is 36.5 Å². The van der Waals surface area contributed by atoms with Gasteiger partial charge in [-0.1, -0.05) is 35.4 Å². The molecule has 18 heavy (non-hydrogen) atoms. The molecule has 0 spiro atoms. The quantitative estimate of drug-likeness (QED) is 0.204. The standard InChI is InChI=1S/C11H11Cl2NO2S2/c1-4-10(12,17)8(11(13,18)5-2)7(6-14)9(15)16-3/h4-5,17-18H,1-2H2,3H3. The number of thiol groups is 2. The van der Waals surface area contributed by atoms with Gasteiger partial charge in [0.1, 0.15) is 20.1 Å². The summed E-state index contributed by atoms with van der Waals surface area (Å²) in [5.74, 6) is -0.894. The number of methoxy groups -OCH3 is 1. The van der Waals surface area contributed by atoms with Crippen LogP contribution in [0, 0.1) is 11.3 Å². The lowest BCUT2D eigenvalue weighted by Crippen LogP contribution is -2.30. The Morgan fingerprint density at radius 1 is 1.33 bits per heavy atom. The minimum atomic E-state index is -1.54. The van der Waals surface area contributed by atoms with E-state index in [4.69, 9.17) is 28.5 Å². The molecule has 0 radical (unpaired) electrons. The zero-order valence-electron chi connectivity index (χ0n) is 9.48. The Labute approximate surface area is 127 Å². The van der Waals surface area contributed by atoms with E-state index in [1.165, 1.54) is 12.2 Å². The fourth-order valence-corrected chi connectivity index (χ4v) is 2.44. The average Bonchev–Trinajstić information content (AvgIpc) is 2.34. The van der Waals surface area contributed by atoms with Gasteiger partial charge in [0.05, 0.1) is 7.11 Å². The highest BCUT2D eigenvalue weighted by Crippen LogP contribution is 2.45. The molecule has 0 fully saturated rings. The predicted octanol–water partition coefficient (Wildman–Crippen LogP) is 3.08. The first-order valence-electron chi connectivity index (χ1n) is 4.51. The predicted molar refractivity (Wildman–Crippen MR) is 80.2 cm³/mol. The van der Waals surface area contributed by atoms with Gasteiger partial charge >= 0.3 is 5.97 Å². The van der Waals surface area contributed by atoms with Crippen LogP contribution in [0.4, 0.5) is 0 Å². The highest BCUT2D eigenvalue weighted by atomic mass is 35.5. The summed E-state index contributed by atoms with van der Waals surface area (Å²) >= 11 is 20.4. The van der Waals surface area contributed by atoms with Crippen LogP contribution in [0.3, 0.4) is 0 Å². The summed E-state index contributed by atoms with van der Waals surface area (Å²) < 4.78 is 1.40. The van der Waals surface area contributed by atoms with E-state index in [9.17, 15) is 4.79 Å². The van der Waals surface area contributed by atoms with Crippen LogP contribution >= 0.6 is 48.5 Å². The van der Waals surface area contributed by atoms with Crippen molar-refractivity contribution in [1.82, 2.24) is 0 Å². The number of ether oxygens (including phenoxy) is 1. The van der Waals surface area contributed by atoms with Gasteiger partial charge in [0.25, 0.3) is 0 Å². The Morgan fingerprint density at radius 3 is 1.94 bits per heavy atom. The summed E-state index contributed by atoms with van der Waals surface area (Å²) in [5, 5.41) is 9.05. The van der Waals surface area contributed by atoms with E-state index in [0.29, 0.717) is 0 Å². The Balaban J connectivity index is 6.32. The minimum Gasteiger partial charge on any atom is -0.465 e. The Hall–Kier alpha value is -0.540. The number of halogens is 2. The van der Waals surface area contributed by atoms with Crippen LogP contribution in [0.2, 0.25) is 0 Å². The SMILES string of the molecule is C=CC(S)(Cl)C(=C(C#N)C(=O)OC)C(S)(Cl)C=C. The molecule has 0 heterocycles. The van der Waals surface area contributed by atoms with E-state index in [1.54, 1.807) is 6.07 Å². The molecule has 0 aliphatic rings. The molecule has 0 saturated heterocycles. The second-order valence-electron chi connectivity index (χ2n) is 3.11. The monoisotopic (exact) mass is 323 g/mol. The highest BCUT2D eigenvalue weighted by molar-refractivity contribution is 7.85. The highest BCUT2D eigenvalue weighted by Gasteiger charge is 2.41. The summed E-state index contributed by atoms with van der Waals surface area (Å²) in [6.45, 7) is 6.94. The van der Waals surface area contributed by atoms with E-state index >= 15 is 0 Å². The van der Waals surface area contributed by atoms with Crippen molar-refractivity contribution in [1.29, 1.82) is 5.26 Å². The van der Waals surface area contributed by atoms with Gasteiger partial charge in [-0.3, -0.25) is 0 Å². The van der Waals surface area contributed by atoms with Crippen molar-refractivity contribution in [2.24, 2.45) is 0 Å². The van der Waals surface area contributed by atoms with Crippen molar-refractivity contribution in [3.63, 3.8) is 0 Å². The first kappa shape index (κ1) is 17.5. The molecule has 2 atom stereocenters. The number of nitriles is 1. The largest absolute Gasteiger partial charge is 0.465 e. The maximum absolute atomic E-state index is 11.6. The van der Waals surface area contributed by atoms with Gasteiger partial charge in [-0.05, 0) is 0 Å². The summed E-state index contributed by atoms with van der Waals surface area (Å²) in [6.07, 6.45) is 2.42. The molecule has 0 saturated carbocycles. The number of carbonyl (C=O) groups excluding carboxylic acids is 1. The van der Waals surface area contributed by atoms with Gasteiger partial charge in [0, 0.05) is 5.57 Å². The third-order valence-electron chi connectivity index (χ3n) is 1.99. The van der Waals surface area contributed by atoms with Gasteiger partial charge in [-0.25, -0.2) is 4.79 Å². The molecule has 98 valence electrons. The smallest absolute Gasteiger partial charge is 0.348 e. The van der Waals surface area contributed by atoms with E-state index in [2.05, 4.69) is 43.2 Å². The van der Waals surface area contributed by atoms with Crippen molar-refractivity contribution in [2.45, 2.75) is 8.41 Å². The van der Waals surface area contributed by atoms with E-state index in [1.807, 2.05) is 0 Å². The molecule has 0 aromatic heterocycles. The van der Waals surface area contributed by atoms with Crippen molar-refractivity contribution in [3.8, 4) is 6.07 Å². The second-order valence-corrected chi connectivity index (χ2v) is 6.24. The van der Waals surface area contributed by atoms with E-state index < -0.39 is 20.0 Å². The maximum Gasteiger partial charge on any atom is 0.348 e. The summed E-state index contributed by atoms with van der Waals surface area (Å²) in [4.78, 5) is 11.6. The molecular weight excluding hydrogens is 313 g/mol. The molecule has 0 rings (SSSR count). The lowest BCUT2D eigenvalue weighted by molar-refractivity contribution is -0.135.